The summed E-state index contributed by atoms with van der Waals surface area (Å²) in [6.07, 6.45) is 5.84. The van der Waals surface area contributed by atoms with Crippen LogP contribution in [0.2, 0.25) is 0 Å². The predicted molar refractivity (Wildman–Crippen MR) is 80.4 cm³/mol. The lowest BCUT2D eigenvalue weighted by molar-refractivity contribution is 0.193. The van der Waals surface area contributed by atoms with E-state index in [1.54, 1.807) is 12.4 Å². The minimum Gasteiger partial charge on any atom is -0.453 e. The van der Waals surface area contributed by atoms with Crippen molar-refractivity contribution in [2.24, 2.45) is 0 Å². The number of nitrogens with one attached hydrogen (secondary N) is 1. The molecule has 0 saturated carbocycles. The summed E-state index contributed by atoms with van der Waals surface area (Å²) in [6, 6.07) is 6.17. The van der Waals surface area contributed by atoms with E-state index in [0.29, 0.717) is 12.0 Å². The zero-order valence-electron chi connectivity index (χ0n) is 11.1. The number of hydrogen-bond acceptors (Lipinski definition) is 5. The molecular formula is C14H17BrN4O. The van der Waals surface area contributed by atoms with Gasteiger partial charge in [0.05, 0.1) is 6.54 Å². The van der Waals surface area contributed by atoms with Gasteiger partial charge in [-0.25, -0.2) is 9.97 Å². The summed E-state index contributed by atoms with van der Waals surface area (Å²) in [5.41, 5.74) is 0. The Morgan fingerprint density at radius 1 is 1.35 bits per heavy atom. The fourth-order valence-electron chi connectivity index (χ4n) is 2.53. The van der Waals surface area contributed by atoms with Gasteiger partial charge in [0, 0.05) is 25.0 Å². The van der Waals surface area contributed by atoms with Gasteiger partial charge in [-0.05, 0) is 53.5 Å². The van der Waals surface area contributed by atoms with Crippen molar-refractivity contribution in [3.05, 3.63) is 41.0 Å². The first-order valence-electron chi connectivity index (χ1n) is 6.80. The molecule has 0 aromatic carbocycles. The molecule has 1 atom stereocenters. The average molecular weight is 337 g/mol. The fraction of sp³-hybridized carbons (Fsp3) is 0.429. The van der Waals surface area contributed by atoms with E-state index in [0.717, 1.165) is 36.5 Å². The highest BCUT2D eigenvalue weighted by molar-refractivity contribution is 9.10. The second-order valence-corrected chi connectivity index (χ2v) is 5.78. The normalized spacial score (nSPS) is 19.9. The van der Waals surface area contributed by atoms with E-state index in [2.05, 4.69) is 36.1 Å². The molecule has 0 amide bonds. The molecule has 0 aliphatic carbocycles. The topological polar surface area (TPSA) is 54.2 Å². The summed E-state index contributed by atoms with van der Waals surface area (Å²) in [5, 5.41) is 3.40. The van der Waals surface area contributed by atoms with Gasteiger partial charge in [0.25, 0.3) is 0 Å². The Kier molecular flexibility index (Phi) is 4.32. The fourth-order valence-corrected chi connectivity index (χ4v) is 2.87. The lowest BCUT2D eigenvalue weighted by Crippen LogP contribution is -2.41. The van der Waals surface area contributed by atoms with Crippen molar-refractivity contribution in [1.82, 2.24) is 14.9 Å². The van der Waals surface area contributed by atoms with E-state index in [1.807, 2.05) is 18.2 Å². The van der Waals surface area contributed by atoms with Crippen molar-refractivity contribution in [3.8, 4) is 0 Å². The van der Waals surface area contributed by atoms with Gasteiger partial charge >= 0.3 is 0 Å². The molecule has 2 aromatic rings. The number of halogens is 1. The monoisotopic (exact) mass is 336 g/mol. The van der Waals surface area contributed by atoms with Crippen molar-refractivity contribution in [1.29, 1.82) is 0 Å². The second-order valence-electron chi connectivity index (χ2n) is 5.00. The lowest BCUT2D eigenvalue weighted by Gasteiger charge is -2.32. The zero-order chi connectivity index (χ0) is 13.8. The third-order valence-electron chi connectivity index (χ3n) is 3.41. The molecule has 0 radical (unpaired) electrons. The molecule has 5 nitrogen and oxygen atoms in total. The number of nitrogens with zero attached hydrogens (tertiary/aromatic N) is 3. The van der Waals surface area contributed by atoms with Gasteiger partial charge in [-0.2, -0.15) is 0 Å². The maximum atomic E-state index is 5.57. The van der Waals surface area contributed by atoms with Gasteiger partial charge in [-0.3, -0.25) is 4.90 Å². The average Bonchev–Trinajstić information content (AvgIpc) is 2.86. The van der Waals surface area contributed by atoms with E-state index in [1.165, 1.54) is 6.42 Å². The van der Waals surface area contributed by atoms with Gasteiger partial charge in [-0.1, -0.05) is 0 Å². The first-order chi connectivity index (χ1) is 9.79. The molecule has 2 aromatic heterocycles. The Morgan fingerprint density at radius 2 is 2.20 bits per heavy atom. The Hall–Kier alpha value is -1.40. The maximum Gasteiger partial charge on any atom is 0.222 e. The number of likely N-dealkylation sites (tertiary alicyclic amines) is 1. The summed E-state index contributed by atoms with van der Waals surface area (Å²) in [7, 11) is 0. The minimum absolute atomic E-state index is 0.393. The lowest BCUT2D eigenvalue weighted by atomic mass is 10.1. The first kappa shape index (κ1) is 13.6. The van der Waals surface area contributed by atoms with Gasteiger partial charge in [0.2, 0.25) is 5.95 Å². The molecule has 3 rings (SSSR count). The third-order valence-corrected chi connectivity index (χ3v) is 3.84. The number of hydrogen-bond donors (Lipinski definition) is 1. The van der Waals surface area contributed by atoms with Gasteiger partial charge < -0.3 is 9.73 Å². The van der Waals surface area contributed by atoms with Gasteiger partial charge in [-0.15, -0.1) is 0 Å². The number of aromatic nitrogens is 2. The Morgan fingerprint density at radius 3 is 2.95 bits per heavy atom. The van der Waals surface area contributed by atoms with Crippen molar-refractivity contribution >= 4 is 21.9 Å². The van der Waals surface area contributed by atoms with Crippen LogP contribution >= 0.6 is 15.9 Å². The van der Waals surface area contributed by atoms with Gasteiger partial charge in [0.15, 0.2) is 4.67 Å². The van der Waals surface area contributed by atoms with E-state index in [-0.39, 0.29) is 0 Å². The molecule has 106 valence electrons. The summed E-state index contributed by atoms with van der Waals surface area (Å²) in [6.45, 7) is 2.93. The molecule has 1 unspecified atom stereocenters. The summed E-state index contributed by atoms with van der Waals surface area (Å²) in [5.74, 6) is 1.70. The Balaban J connectivity index is 1.56. The number of anilines is 1. The molecule has 0 bridgehead atoms. The van der Waals surface area contributed by atoms with E-state index in [4.69, 9.17) is 4.42 Å². The van der Waals surface area contributed by atoms with Crippen molar-refractivity contribution in [2.75, 3.05) is 18.4 Å². The van der Waals surface area contributed by atoms with Crippen LogP contribution in [0.1, 0.15) is 18.6 Å². The molecule has 1 fully saturated rings. The highest BCUT2D eigenvalue weighted by Crippen LogP contribution is 2.19. The van der Waals surface area contributed by atoms with Gasteiger partial charge in [0.1, 0.15) is 5.76 Å². The van der Waals surface area contributed by atoms with E-state index >= 15 is 0 Å². The summed E-state index contributed by atoms with van der Waals surface area (Å²) >= 11 is 3.34. The van der Waals surface area contributed by atoms with Crippen LogP contribution in [-0.4, -0.2) is 34.0 Å². The molecule has 0 spiro atoms. The van der Waals surface area contributed by atoms with Crippen molar-refractivity contribution in [3.63, 3.8) is 0 Å². The molecule has 1 aliphatic rings. The largest absolute Gasteiger partial charge is 0.453 e. The summed E-state index contributed by atoms with van der Waals surface area (Å²) < 4.78 is 6.36. The van der Waals surface area contributed by atoms with Crippen LogP contribution in [-0.2, 0) is 6.54 Å². The zero-order valence-corrected chi connectivity index (χ0v) is 12.7. The van der Waals surface area contributed by atoms with E-state index in [9.17, 15) is 0 Å². The second kappa shape index (κ2) is 6.37. The highest BCUT2D eigenvalue weighted by atomic mass is 79.9. The van der Waals surface area contributed by atoms with Crippen LogP contribution in [0.3, 0.4) is 0 Å². The van der Waals surface area contributed by atoms with Crippen LogP contribution in [0, 0.1) is 0 Å². The maximum absolute atomic E-state index is 5.57. The predicted octanol–water partition coefficient (Wildman–Crippen LogP) is 2.91. The van der Waals surface area contributed by atoms with Crippen LogP contribution in [0.25, 0.3) is 0 Å². The number of furan rings is 1. The van der Waals surface area contributed by atoms with Crippen LogP contribution in [0.5, 0.6) is 0 Å². The smallest absolute Gasteiger partial charge is 0.222 e. The summed E-state index contributed by atoms with van der Waals surface area (Å²) in [4.78, 5) is 10.8. The van der Waals surface area contributed by atoms with E-state index < -0.39 is 0 Å². The standard InChI is InChI=1S/C14H17BrN4O/c15-13-5-4-12(20-13)10-19-8-1-3-11(9-19)18-14-16-6-2-7-17-14/h2,4-7,11H,1,3,8-10H2,(H,16,17,18). The highest BCUT2D eigenvalue weighted by Gasteiger charge is 2.21. The molecule has 20 heavy (non-hydrogen) atoms. The molecule has 1 saturated heterocycles. The quantitative estimate of drug-likeness (QED) is 0.930. The third kappa shape index (κ3) is 3.58. The SMILES string of the molecule is Brc1ccc(CN2CCCC(Nc3ncccn3)C2)o1. The number of rotatable bonds is 4. The number of piperidine rings is 1. The van der Waals surface area contributed by atoms with Crippen LogP contribution in [0.4, 0.5) is 5.95 Å². The first-order valence-corrected chi connectivity index (χ1v) is 7.59. The Bertz CT molecular complexity index is 545. The van der Waals surface area contributed by atoms with Crippen LogP contribution < -0.4 is 5.32 Å². The minimum atomic E-state index is 0.393. The molecule has 1 N–H and O–H groups in total. The molecule has 1 aliphatic heterocycles. The molecule has 3 heterocycles. The van der Waals surface area contributed by atoms with Crippen molar-refractivity contribution in [2.45, 2.75) is 25.4 Å². The van der Waals surface area contributed by atoms with Crippen molar-refractivity contribution < 1.29 is 4.42 Å². The Labute approximate surface area is 126 Å². The molecular weight excluding hydrogens is 320 g/mol. The molecule has 6 heteroatoms. The van der Waals surface area contributed by atoms with Crippen LogP contribution in [0.15, 0.2) is 39.7 Å².